The largest absolute Gasteiger partial charge is 0.373 e. The van der Waals surface area contributed by atoms with E-state index in [1.165, 1.54) is 11.3 Å². The minimum absolute atomic E-state index is 0.00890. The number of aromatic nitrogens is 2. The molecule has 0 saturated carbocycles. The number of nitrogens with one attached hydrogen (secondary N) is 1. The van der Waals surface area contributed by atoms with Gasteiger partial charge in [-0.15, -0.1) is 0 Å². The van der Waals surface area contributed by atoms with Crippen LogP contribution in [0.3, 0.4) is 0 Å². The third-order valence-corrected chi connectivity index (χ3v) is 2.76. The van der Waals surface area contributed by atoms with Crippen LogP contribution in [-0.2, 0) is 11.8 Å². The van der Waals surface area contributed by atoms with Gasteiger partial charge in [-0.25, -0.2) is 9.97 Å². The van der Waals surface area contributed by atoms with E-state index in [-0.39, 0.29) is 5.41 Å². The maximum absolute atomic E-state index is 4.74. The van der Waals surface area contributed by atoms with Gasteiger partial charge in [0.2, 0.25) is 0 Å². The molecule has 1 rings (SSSR count). The van der Waals surface area contributed by atoms with E-state index in [2.05, 4.69) is 51.8 Å². The fourth-order valence-corrected chi connectivity index (χ4v) is 1.73. The zero-order chi connectivity index (χ0) is 13.2. The molecule has 0 radical (unpaired) electrons. The van der Waals surface area contributed by atoms with Crippen LogP contribution in [0.15, 0.2) is 0 Å². The van der Waals surface area contributed by atoms with E-state index in [1.807, 2.05) is 7.05 Å². The Balaban J connectivity index is 3.28. The Labute approximate surface area is 105 Å². The van der Waals surface area contributed by atoms with Crippen LogP contribution in [0.4, 0.5) is 5.82 Å². The molecule has 0 saturated heterocycles. The van der Waals surface area contributed by atoms with Gasteiger partial charge in [-0.2, -0.15) is 0 Å². The fraction of sp³-hybridized carbons (Fsp3) is 0.714. The van der Waals surface area contributed by atoms with Crippen LogP contribution >= 0.6 is 0 Å². The summed E-state index contributed by atoms with van der Waals surface area (Å²) in [5.41, 5.74) is 2.34. The fourth-order valence-electron chi connectivity index (χ4n) is 1.73. The summed E-state index contributed by atoms with van der Waals surface area (Å²) in [5.74, 6) is 2.49. The lowest BCUT2D eigenvalue weighted by Gasteiger charge is -2.21. The lowest BCUT2D eigenvalue weighted by Crippen LogP contribution is -2.19. The van der Waals surface area contributed by atoms with E-state index in [1.54, 1.807) is 0 Å². The molecule has 0 atom stereocenters. The van der Waals surface area contributed by atoms with Crippen molar-refractivity contribution in [1.29, 1.82) is 0 Å². The Morgan fingerprint density at radius 1 is 1.18 bits per heavy atom. The molecule has 0 bridgehead atoms. The summed E-state index contributed by atoms with van der Waals surface area (Å²) >= 11 is 0. The first-order chi connectivity index (χ1) is 7.75. The summed E-state index contributed by atoms with van der Waals surface area (Å²) in [6, 6.07) is 0. The quantitative estimate of drug-likeness (QED) is 0.873. The predicted octanol–water partition coefficient (Wildman–Crippen LogP) is 3.32. The van der Waals surface area contributed by atoms with Crippen molar-refractivity contribution >= 4 is 5.82 Å². The van der Waals surface area contributed by atoms with Gasteiger partial charge in [-0.05, 0) is 19.3 Å². The molecule has 1 N–H and O–H groups in total. The van der Waals surface area contributed by atoms with Gasteiger partial charge >= 0.3 is 0 Å². The van der Waals surface area contributed by atoms with Crippen LogP contribution in [0.5, 0.6) is 0 Å². The Kier molecular flexibility index (Phi) is 4.12. The second kappa shape index (κ2) is 5.03. The molecule has 3 heteroatoms. The number of hydrogen-bond donors (Lipinski definition) is 1. The lowest BCUT2D eigenvalue weighted by molar-refractivity contribution is 0.534. The number of rotatable bonds is 3. The van der Waals surface area contributed by atoms with E-state index in [9.17, 15) is 0 Å². The van der Waals surface area contributed by atoms with Crippen molar-refractivity contribution in [1.82, 2.24) is 9.97 Å². The highest BCUT2D eigenvalue weighted by atomic mass is 15.0. The smallest absolute Gasteiger partial charge is 0.136 e. The van der Waals surface area contributed by atoms with Crippen molar-refractivity contribution in [2.45, 2.75) is 53.4 Å². The van der Waals surface area contributed by atoms with Crippen LogP contribution in [-0.4, -0.2) is 17.0 Å². The zero-order valence-electron chi connectivity index (χ0n) is 12.2. The molecule has 1 aromatic heterocycles. The van der Waals surface area contributed by atoms with E-state index in [4.69, 9.17) is 4.98 Å². The summed E-state index contributed by atoms with van der Waals surface area (Å²) in [5, 5.41) is 3.17. The van der Waals surface area contributed by atoms with Crippen molar-refractivity contribution in [3.63, 3.8) is 0 Å². The molecular formula is C14H25N3. The number of hydrogen-bond acceptors (Lipinski definition) is 3. The molecule has 96 valence electrons. The second-order valence-corrected chi connectivity index (χ2v) is 6.07. The molecule has 17 heavy (non-hydrogen) atoms. The standard InChI is InChI=1S/C14H25N3/c1-9(2)8-11-10(3)12(15-7)17-13(16-11)14(4,5)6/h9H,8H2,1-7H3,(H,15,16,17). The first kappa shape index (κ1) is 13.9. The number of nitrogens with zero attached hydrogens (tertiary/aromatic N) is 2. The molecule has 0 aromatic carbocycles. The molecule has 0 amide bonds. The van der Waals surface area contributed by atoms with Crippen molar-refractivity contribution < 1.29 is 0 Å². The molecule has 1 heterocycles. The average molecular weight is 235 g/mol. The van der Waals surface area contributed by atoms with Crippen LogP contribution < -0.4 is 5.32 Å². The van der Waals surface area contributed by atoms with Gasteiger partial charge in [0, 0.05) is 23.7 Å². The Bertz CT molecular complexity index is 389. The van der Waals surface area contributed by atoms with Crippen molar-refractivity contribution in [2.75, 3.05) is 12.4 Å². The van der Waals surface area contributed by atoms with Crippen molar-refractivity contribution in [3.05, 3.63) is 17.1 Å². The van der Waals surface area contributed by atoms with Gasteiger partial charge in [0.25, 0.3) is 0 Å². The highest BCUT2D eigenvalue weighted by molar-refractivity contribution is 5.45. The highest BCUT2D eigenvalue weighted by Crippen LogP contribution is 2.24. The monoisotopic (exact) mass is 235 g/mol. The van der Waals surface area contributed by atoms with Crippen LogP contribution in [0.2, 0.25) is 0 Å². The minimum Gasteiger partial charge on any atom is -0.373 e. The summed E-state index contributed by atoms with van der Waals surface area (Å²) in [6.45, 7) is 13.0. The van der Waals surface area contributed by atoms with E-state index in [0.717, 1.165) is 18.1 Å². The summed E-state index contributed by atoms with van der Waals surface area (Å²) in [4.78, 5) is 9.35. The number of anilines is 1. The molecular weight excluding hydrogens is 210 g/mol. The Hall–Kier alpha value is -1.12. The normalized spacial score (nSPS) is 12.0. The Morgan fingerprint density at radius 2 is 1.76 bits per heavy atom. The van der Waals surface area contributed by atoms with Crippen molar-refractivity contribution in [2.24, 2.45) is 5.92 Å². The molecule has 0 aliphatic rings. The molecule has 0 aliphatic heterocycles. The average Bonchev–Trinajstić information content (AvgIpc) is 2.18. The third-order valence-electron chi connectivity index (χ3n) is 2.76. The SMILES string of the molecule is CNc1nc(C(C)(C)C)nc(CC(C)C)c1C. The topological polar surface area (TPSA) is 37.8 Å². The lowest BCUT2D eigenvalue weighted by atomic mass is 9.94. The summed E-state index contributed by atoms with van der Waals surface area (Å²) in [7, 11) is 1.92. The van der Waals surface area contributed by atoms with Crippen LogP contribution in [0, 0.1) is 12.8 Å². The van der Waals surface area contributed by atoms with Crippen LogP contribution in [0.25, 0.3) is 0 Å². The molecule has 0 aliphatic carbocycles. The predicted molar refractivity (Wildman–Crippen MR) is 73.6 cm³/mol. The van der Waals surface area contributed by atoms with Gasteiger partial charge in [0.1, 0.15) is 11.6 Å². The van der Waals surface area contributed by atoms with Gasteiger partial charge in [0.05, 0.1) is 0 Å². The van der Waals surface area contributed by atoms with Gasteiger partial charge in [-0.1, -0.05) is 34.6 Å². The first-order valence-corrected chi connectivity index (χ1v) is 6.31. The zero-order valence-corrected chi connectivity index (χ0v) is 12.2. The van der Waals surface area contributed by atoms with Crippen molar-refractivity contribution in [3.8, 4) is 0 Å². The summed E-state index contributed by atoms with van der Waals surface area (Å²) < 4.78 is 0. The highest BCUT2D eigenvalue weighted by Gasteiger charge is 2.20. The maximum atomic E-state index is 4.74. The molecule has 1 aromatic rings. The second-order valence-electron chi connectivity index (χ2n) is 6.07. The molecule has 0 unspecified atom stereocenters. The van der Waals surface area contributed by atoms with E-state index < -0.39 is 0 Å². The molecule has 3 nitrogen and oxygen atoms in total. The summed E-state index contributed by atoms with van der Waals surface area (Å²) in [6.07, 6.45) is 1.01. The minimum atomic E-state index is -0.00890. The third kappa shape index (κ3) is 3.42. The van der Waals surface area contributed by atoms with E-state index in [0.29, 0.717) is 5.92 Å². The molecule has 0 fully saturated rings. The van der Waals surface area contributed by atoms with Crippen LogP contribution in [0.1, 0.15) is 51.7 Å². The Morgan fingerprint density at radius 3 is 2.18 bits per heavy atom. The van der Waals surface area contributed by atoms with E-state index >= 15 is 0 Å². The van der Waals surface area contributed by atoms with Gasteiger partial charge in [0.15, 0.2) is 0 Å². The molecule has 0 spiro atoms. The maximum Gasteiger partial charge on any atom is 0.136 e. The van der Waals surface area contributed by atoms with Gasteiger partial charge < -0.3 is 5.32 Å². The first-order valence-electron chi connectivity index (χ1n) is 6.31. The van der Waals surface area contributed by atoms with Gasteiger partial charge in [-0.3, -0.25) is 0 Å².